The van der Waals surface area contributed by atoms with Gasteiger partial charge in [0.1, 0.15) is 12.2 Å². The van der Waals surface area contributed by atoms with Crippen molar-refractivity contribution in [2.45, 2.75) is 218 Å². The molecule has 0 fully saturated rings. The van der Waals surface area contributed by atoms with Crippen LogP contribution >= 0.6 is 0 Å². The van der Waals surface area contributed by atoms with Crippen LogP contribution in [0.4, 0.5) is 0 Å². The number of carboxylic acid groups (broad SMARTS) is 2. The Bertz CT molecular complexity index is 1100. The molecule has 17 heteroatoms. The molecule has 0 bridgehead atoms. The Morgan fingerprint density at radius 3 is 0.852 bits per heavy atom. The molecule has 4 atom stereocenters. The minimum atomic E-state index is -1.42. The number of aliphatic hydroxyl groups excluding tert-OH is 8. The largest absolute Gasteiger partial charge is 2.00 e. The topological polar surface area (TPSA) is 295 Å². The summed E-state index contributed by atoms with van der Waals surface area (Å²) in [5, 5.41) is 90.5. The quantitative estimate of drug-likeness (QED) is 0.0243. The Labute approximate surface area is 393 Å². The van der Waals surface area contributed by atoms with Gasteiger partial charge < -0.3 is 70.1 Å². The number of unbranched alkanes of at least 4 members (excludes halogenated alkanes) is 24. The number of aliphatic hydroxyl groups is 8. The molecule has 0 saturated carbocycles. The average Bonchev–Trinajstić information content (AvgIpc) is 3.64. The van der Waals surface area contributed by atoms with Gasteiger partial charge in [0.05, 0.1) is 13.2 Å². The van der Waals surface area contributed by atoms with Crippen LogP contribution in [0.1, 0.15) is 194 Å². The van der Waals surface area contributed by atoms with Crippen LogP contribution in [0.25, 0.3) is 0 Å². The Morgan fingerprint density at radius 2 is 0.689 bits per heavy atom. The van der Waals surface area contributed by atoms with Gasteiger partial charge in [-0.05, 0) is 25.7 Å². The Hall–Kier alpha value is -2.34. The van der Waals surface area contributed by atoms with Gasteiger partial charge in [-0.25, -0.2) is 9.59 Å². The van der Waals surface area contributed by atoms with Crippen LogP contribution in [-0.2, 0) is 28.7 Å². The summed E-state index contributed by atoms with van der Waals surface area (Å²) in [6.45, 7) is 3.17. The third-order valence-corrected chi connectivity index (χ3v) is 9.92. The smallest absolute Gasteiger partial charge is 0.550 e. The van der Waals surface area contributed by atoms with E-state index in [0.717, 1.165) is 25.7 Å². The first-order valence-electron chi connectivity index (χ1n) is 22.3. The van der Waals surface area contributed by atoms with Gasteiger partial charge in [0, 0.05) is 11.9 Å². The first-order valence-corrected chi connectivity index (χ1v) is 22.3. The number of carbonyl (C=O) groups excluding carboxylic acids is 4. The Kier molecular flexibility index (Phi) is 44.3. The zero-order valence-corrected chi connectivity index (χ0v) is 39.3. The second-order valence-corrected chi connectivity index (χ2v) is 15.3. The molecule has 8 N–H and O–H groups in total. The molecule has 16 nitrogen and oxygen atoms in total. The van der Waals surface area contributed by atoms with E-state index in [-0.39, 0.29) is 50.6 Å². The van der Waals surface area contributed by atoms with Gasteiger partial charge in [0.25, 0.3) is 0 Å². The van der Waals surface area contributed by atoms with Crippen molar-refractivity contribution in [3.8, 4) is 0 Å². The van der Waals surface area contributed by atoms with Crippen molar-refractivity contribution in [2.75, 3.05) is 13.2 Å². The molecular weight excluding hydrogens is 825 g/mol. The molecule has 2 aliphatic rings. The number of cyclic esters (lactones) is 2. The van der Waals surface area contributed by atoms with Crippen molar-refractivity contribution in [1.29, 1.82) is 0 Å². The molecule has 352 valence electrons. The van der Waals surface area contributed by atoms with E-state index in [1.54, 1.807) is 0 Å². The number of carboxylic acids is 2. The van der Waals surface area contributed by atoms with Crippen molar-refractivity contribution in [3.63, 3.8) is 0 Å². The van der Waals surface area contributed by atoms with Gasteiger partial charge >= 0.3 is 49.7 Å². The summed E-state index contributed by atoms with van der Waals surface area (Å²) in [4.78, 5) is 41.4. The van der Waals surface area contributed by atoms with Crippen LogP contribution in [0, 0.1) is 0 Å². The second kappa shape index (κ2) is 42.9. The van der Waals surface area contributed by atoms with Gasteiger partial charge in [-0.2, -0.15) is 0 Å². The number of hydrogen-bond donors (Lipinski definition) is 8. The SMILES string of the molecule is CCCCCCCCCCCCCCCC(=O)[O-].CCCCCCCCCCCCCCCC(=O)[O-].O=C1O[C@H]([C@@H](O)CO)C(O)=C1O.O=C1O[C@H]([C@@H](O)CO)C(O)=C1O.[Ca+2]. The molecule has 2 heterocycles. The number of esters is 2. The average molecular weight is 903 g/mol. The molecule has 0 aromatic heterocycles. The second-order valence-electron chi connectivity index (χ2n) is 15.3. The third kappa shape index (κ3) is 34.8. The van der Waals surface area contributed by atoms with Crippen molar-refractivity contribution in [3.05, 3.63) is 23.0 Å². The van der Waals surface area contributed by atoms with E-state index in [2.05, 4.69) is 23.3 Å². The van der Waals surface area contributed by atoms with Crippen LogP contribution in [-0.4, -0.2) is 140 Å². The summed E-state index contributed by atoms with van der Waals surface area (Å²) < 4.78 is 8.63. The molecule has 0 aromatic rings. The Balaban J connectivity index is -0.000000743. The van der Waals surface area contributed by atoms with Gasteiger partial charge in [0.2, 0.25) is 11.5 Å². The molecule has 0 amide bonds. The van der Waals surface area contributed by atoms with E-state index in [0.29, 0.717) is 0 Å². The monoisotopic (exact) mass is 902 g/mol. The summed E-state index contributed by atoms with van der Waals surface area (Å²) in [5.74, 6) is -7.37. The number of aliphatic carboxylic acids is 2. The maximum atomic E-state index is 10.5. The summed E-state index contributed by atoms with van der Waals surface area (Å²) in [6.07, 6.45) is 28.3. The first kappa shape index (κ1) is 63.0. The molecule has 0 aliphatic carbocycles. The maximum absolute atomic E-state index is 10.5. The number of hydrogen-bond acceptors (Lipinski definition) is 16. The summed E-state index contributed by atoms with van der Waals surface area (Å²) in [7, 11) is 0. The van der Waals surface area contributed by atoms with E-state index in [1.807, 2.05) is 0 Å². The number of rotatable bonds is 32. The van der Waals surface area contributed by atoms with Crippen LogP contribution < -0.4 is 10.2 Å². The standard InChI is InChI=1S/2C16H32O2.2C6H8O6.Ca/c2*1-2-3-4-5-6-7-8-9-10-11-12-13-14-15-16(17)18;2*7-1-2(8)5-3(9)4(10)6(11)12-5;/h2*2-15H2,1H3,(H,17,18);2*2,5,7-10H,1H2;/q;;;;+2/p-2/t;;2*2-,5+;/m..00./s1. The minimum absolute atomic E-state index is 0. The molecule has 0 aromatic carbocycles. The van der Waals surface area contributed by atoms with E-state index >= 15 is 0 Å². The molecule has 0 saturated heterocycles. The first-order chi connectivity index (χ1) is 28.7. The van der Waals surface area contributed by atoms with Crippen LogP contribution in [0.2, 0.25) is 0 Å². The fourth-order valence-electron chi connectivity index (χ4n) is 6.22. The predicted octanol–water partition coefficient (Wildman–Crippen LogP) is 5.24. The number of ether oxygens (including phenoxy) is 2. The third-order valence-electron chi connectivity index (χ3n) is 9.92. The zero-order chi connectivity index (χ0) is 45.6. The van der Waals surface area contributed by atoms with Gasteiger partial charge in [-0.3, -0.25) is 0 Å². The molecule has 0 radical (unpaired) electrons. The zero-order valence-electron chi connectivity index (χ0n) is 37.1. The fraction of sp³-hybridized carbons (Fsp3) is 0.818. The van der Waals surface area contributed by atoms with Crippen molar-refractivity contribution in [2.24, 2.45) is 0 Å². The molecule has 2 aliphatic heterocycles. The van der Waals surface area contributed by atoms with Crippen LogP contribution in [0.5, 0.6) is 0 Å². The van der Waals surface area contributed by atoms with Crippen LogP contribution in [0.15, 0.2) is 23.0 Å². The molecule has 0 spiro atoms. The Morgan fingerprint density at radius 1 is 0.475 bits per heavy atom. The van der Waals surface area contributed by atoms with Gasteiger partial charge in [-0.1, -0.05) is 168 Å². The molecular formula is C44H78CaO16. The molecule has 0 unspecified atom stereocenters. The van der Waals surface area contributed by atoms with Crippen molar-refractivity contribution >= 4 is 61.6 Å². The van der Waals surface area contributed by atoms with E-state index in [4.69, 9.17) is 40.9 Å². The van der Waals surface area contributed by atoms with Crippen molar-refractivity contribution < 1.29 is 79.7 Å². The summed E-state index contributed by atoms with van der Waals surface area (Å²) in [6, 6.07) is 0. The summed E-state index contributed by atoms with van der Waals surface area (Å²) >= 11 is 0. The maximum Gasteiger partial charge on any atom is 2.00 e. The normalized spacial score (nSPS) is 16.5. The molecule has 61 heavy (non-hydrogen) atoms. The van der Waals surface area contributed by atoms with Gasteiger partial charge in [0.15, 0.2) is 23.7 Å². The summed E-state index contributed by atoms with van der Waals surface area (Å²) in [5.41, 5.74) is 0. The van der Waals surface area contributed by atoms with Crippen LogP contribution in [0.3, 0.4) is 0 Å². The van der Waals surface area contributed by atoms with E-state index in [1.165, 1.54) is 141 Å². The minimum Gasteiger partial charge on any atom is -0.550 e. The van der Waals surface area contributed by atoms with Gasteiger partial charge in [-0.15, -0.1) is 0 Å². The predicted molar refractivity (Wildman–Crippen MR) is 227 cm³/mol. The molecule has 2 rings (SSSR count). The van der Waals surface area contributed by atoms with Crippen molar-refractivity contribution in [1.82, 2.24) is 0 Å². The van der Waals surface area contributed by atoms with E-state index in [9.17, 15) is 29.4 Å². The fourth-order valence-corrected chi connectivity index (χ4v) is 6.22. The number of carbonyl (C=O) groups is 4. The van der Waals surface area contributed by atoms with E-state index < -0.39 is 84.5 Å².